The minimum atomic E-state index is 0.314. The summed E-state index contributed by atoms with van der Waals surface area (Å²) in [6.45, 7) is 6.31. The third-order valence-corrected chi connectivity index (χ3v) is 3.57. The van der Waals surface area contributed by atoms with Gasteiger partial charge in [-0.1, -0.05) is 13.0 Å². The van der Waals surface area contributed by atoms with Gasteiger partial charge in [-0.2, -0.15) is 0 Å². The van der Waals surface area contributed by atoms with Gasteiger partial charge in [0.2, 0.25) is 0 Å². The van der Waals surface area contributed by atoms with E-state index in [9.17, 15) is 0 Å². The number of rotatable bonds is 5. The van der Waals surface area contributed by atoms with Crippen LogP contribution in [-0.4, -0.2) is 24.2 Å². The predicted molar refractivity (Wildman–Crippen MR) is 68.8 cm³/mol. The Morgan fingerprint density at radius 1 is 1.53 bits per heavy atom. The van der Waals surface area contributed by atoms with E-state index >= 15 is 0 Å². The zero-order valence-corrected chi connectivity index (χ0v) is 10.7. The first-order chi connectivity index (χ1) is 8.31. The zero-order valence-electron chi connectivity index (χ0n) is 10.7. The molecule has 0 bridgehead atoms. The van der Waals surface area contributed by atoms with E-state index in [4.69, 9.17) is 4.74 Å². The van der Waals surface area contributed by atoms with E-state index in [1.807, 2.05) is 18.3 Å². The molecular formula is C14H22N2O. The van der Waals surface area contributed by atoms with Crippen LogP contribution in [0.4, 0.5) is 0 Å². The van der Waals surface area contributed by atoms with Crippen molar-refractivity contribution in [2.24, 2.45) is 5.92 Å². The summed E-state index contributed by atoms with van der Waals surface area (Å²) in [4.78, 5) is 4.37. The van der Waals surface area contributed by atoms with Crippen LogP contribution >= 0.6 is 0 Å². The number of nitrogens with zero attached hydrogens (tertiary/aromatic N) is 1. The molecule has 0 amide bonds. The lowest BCUT2D eigenvalue weighted by Crippen LogP contribution is -2.30. The molecule has 1 saturated heterocycles. The molecule has 3 nitrogen and oxygen atoms in total. The Bertz CT molecular complexity index is 328. The monoisotopic (exact) mass is 234 g/mol. The molecule has 0 aromatic carbocycles. The standard InChI is InChI=1S/C14H22N2O/c1-3-14-12(7-9-17-14)10-16-11(2)13-6-4-5-8-15-13/h4-6,8,11-12,14,16H,3,7,9-10H2,1-2H3. The van der Waals surface area contributed by atoms with Gasteiger partial charge in [-0.25, -0.2) is 0 Å². The van der Waals surface area contributed by atoms with Gasteiger partial charge in [-0.15, -0.1) is 0 Å². The van der Waals surface area contributed by atoms with Gasteiger partial charge in [-0.3, -0.25) is 4.98 Å². The van der Waals surface area contributed by atoms with Crippen molar-refractivity contribution < 1.29 is 4.74 Å². The highest BCUT2D eigenvalue weighted by Gasteiger charge is 2.26. The number of ether oxygens (including phenoxy) is 1. The molecule has 17 heavy (non-hydrogen) atoms. The summed E-state index contributed by atoms with van der Waals surface area (Å²) >= 11 is 0. The van der Waals surface area contributed by atoms with Gasteiger partial charge >= 0.3 is 0 Å². The smallest absolute Gasteiger partial charge is 0.0613 e. The number of hydrogen-bond acceptors (Lipinski definition) is 3. The van der Waals surface area contributed by atoms with Gasteiger partial charge < -0.3 is 10.1 Å². The van der Waals surface area contributed by atoms with Crippen LogP contribution in [0, 0.1) is 5.92 Å². The number of hydrogen-bond donors (Lipinski definition) is 1. The first-order valence-electron chi connectivity index (χ1n) is 6.57. The minimum Gasteiger partial charge on any atom is -0.378 e. The molecule has 1 aliphatic rings. The topological polar surface area (TPSA) is 34.1 Å². The van der Waals surface area contributed by atoms with E-state index in [0.29, 0.717) is 18.1 Å². The first kappa shape index (κ1) is 12.5. The normalized spacial score (nSPS) is 26.0. The molecule has 0 spiro atoms. The first-order valence-corrected chi connectivity index (χ1v) is 6.57. The van der Waals surface area contributed by atoms with Crippen LogP contribution in [0.15, 0.2) is 24.4 Å². The SMILES string of the molecule is CCC1OCCC1CNC(C)c1ccccn1. The molecule has 0 aliphatic carbocycles. The van der Waals surface area contributed by atoms with E-state index in [2.05, 4.69) is 30.2 Å². The minimum absolute atomic E-state index is 0.314. The summed E-state index contributed by atoms with van der Waals surface area (Å²) in [6.07, 6.45) is 4.59. The average Bonchev–Trinajstić information content (AvgIpc) is 2.84. The van der Waals surface area contributed by atoms with Crippen molar-refractivity contribution in [3.05, 3.63) is 30.1 Å². The molecule has 1 aromatic heterocycles. The number of nitrogens with one attached hydrogen (secondary N) is 1. The van der Waals surface area contributed by atoms with E-state index in [1.54, 1.807) is 0 Å². The fourth-order valence-corrected chi connectivity index (χ4v) is 2.44. The molecule has 0 saturated carbocycles. The Morgan fingerprint density at radius 2 is 2.41 bits per heavy atom. The molecule has 1 aliphatic heterocycles. The van der Waals surface area contributed by atoms with Gasteiger partial charge in [0.05, 0.1) is 11.8 Å². The lowest BCUT2D eigenvalue weighted by Gasteiger charge is -2.20. The highest BCUT2D eigenvalue weighted by Crippen LogP contribution is 2.23. The van der Waals surface area contributed by atoms with Crippen LogP contribution in [0.3, 0.4) is 0 Å². The van der Waals surface area contributed by atoms with Crippen LogP contribution in [0.5, 0.6) is 0 Å². The van der Waals surface area contributed by atoms with Crippen molar-refractivity contribution in [3.8, 4) is 0 Å². The molecular weight excluding hydrogens is 212 g/mol. The Morgan fingerprint density at radius 3 is 3.12 bits per heavy atom. The van der Waals surface area contributed by atoms with E-state index in [-0.39, 0.29) is 0 Å². The summed E-state index contributed by atoms with van der Waals surface area (Å²) < 4.78 is 5.70. The largest absolute Gasteiger partial charge is 0.378 e. The Hall–Kier alpha value is -0.930. The second kappa shape index (κ2) is 6.12. The van der Waals surface area contributed by atoms with Crippen molar-refractivity contribution >= 4 is 0 Å². The summed E-state index contributed by atoms with van der Waals surface area (Å²) in [5, 5.41) is 3.56. The predicted octanol–water partition coefficient (Wildman–Crippen LogP) is 2.55. The highest BCUT2D eigenvalue weighted by atomic mass is 16.5. The molecule has 2 rings (SSSR count). The molecule has 3 heteroatoms. The molecule has 94 valence electrons. The van der Waals surface area contributed by atoms with Crippen molar-refractivity contribution in [2.75, 3.05) is 13.2 Å². The van der Waals surface area contributed by atoms with Crippen molar-refractivity contribution in [2.45, 2.75) is 38.8 Å². The Balaban J connectivity index is 1.82. The fourth-order valence-electron chi connectivity index (χ4n) is 2.44. The lowest BCUT2D eigenvalue weighted by atomic mass is 9.99. The average molecular weight is 234 g/mol. The third kappa shape index (κ3) is 3.27. The molecule has 1 N–H and O–H groups in total. The van der Waals surface area contributed by atoms with Crippen LogP contribution < -0.4 is 5.32 Å². The Labute approximate surface area is 104 Å². The highest BCUT2D eigenvalue weighted by molar-refractivity contribution is 5.07. The summed E-state index contributed by atoms with van der Waals surface area (Å²) in [5.74, 6) is 0.658. The number of pyridine rings is 1. The summed E-state index contributed by atoms with van der Waals surface area (Å²) in [5.41, 5.74) is 1.11. The second-order valence-corrected chi connectivity index (χ2v) is 4.75. The van der Waals surface area contributed by atoms with Crippen LogP contribution in [-0.2, 0) is 4.74 Å². The van der Waals surface area contributed by atoms with Crippen LogP contribution in [0.2, 0.25) is 0 Å². The van der Waals surface area contributed by atoms with E-state index < -0.39 is 0 Å². The van der Waals surface area contributed by atoms with Crippen LogP contribution in [0.25, 0.3) is 0 Å². The molecule has 1 fully saturated rings. The molecule has 2 heterocycles. The van der Waals surface area contributed by atoms with E-state index in [1.165, 1.54) is 6.42 Å². The maximum Gasteiger partial charge on any atom is 0.0613 e. The van der Waals surface area contributed by atoms with Gasteiger partial charge in [0, 0.05) is 25.4 Å². The van der Waals surface area contributed by atoms with Crippen molar-refractivity contribution in [1.82, 2.24) is 10.3 Å². The maximum absolute atomic E-state index is 5.70. The molecule has 3 atom stereocenters. The quantitative estimate of drug-likeness (QED) is 0.850. The zero-order chi connectivity index (χ0) is 12.1. The summed E-state index contributed by atoms with van der Waals surface area (Å²) in [6, 6.07) is 6.37. The molecule has 3 unspecified atom stereocenters. The molecule has 0 radical (unpaired) electrons. The van der Waals surface area contributed by atoms with Gasteiger partial charge in [0.25, 0.3) is 0 Å². The second-order valence-electron chi connectivity index (χ2n) is 4.75. The van der Waals surface area contributed by atoms with Crippen molar-refractivity contribution in [1.29, 1.82) is 0 Å². The maximum atomic E-state index is 5.70. The summed E-state index contributed by atoms with van der Waals surface area (Å²) in [7, 11) is 0. The van der Waals surface area contributed by atoms with Crippen LogP contribution in [0.1, 0.15) is 38.4 Å². The molecule has 1 aromatic rings. The Kier molecular flexibility index (Phi) is 4.51. The van der Waals surface area contributed by atoms with Gasteiger partial charge in [0.15, 0.2) is 0 Å². The third-order valence-electron chi connectivity index (χ3n) is 3.57. The lowest BCUT2D eigenvalue weighted by molar-refractivity contribution is 0.0867. The number of aromatic nitrogens is 1. The van der Waals surface area contributed by atoms with E-state index in [0.717, 1.165) is 25.3 Å². The van der Waals surface area contributed by atoms with Gasteiger partial charge in [0.1, 0.15) is 0 Å². The fraction of sp³-hybridized carbons (Fsp3) is 0.643. The van der Waals surface area contributed by atoms with Gasteiger partial charge in [-0.05, 0) is 37.8 Å². The van der Waals surface area contributed by atoms with Crippen molar-refractivity contribution in [3.63, 3.8) is 0 Å².